The summed E-state index contributed by atoms with van der Waals surface area (Å²) >= 11 is 1.79. The summed E-state index contributed by atoms with van der Waals surface area (Å²) < 4.78 is 9.13. The lowest BCUT2D eigenvalue weighted by Crippen LogP contribution is -2.00. The van der Waals surface area contributed by atoms with E-state index in [1.807, 2.05) is 48.5 Å². The van der Waals surface area contributed by atoms with Gasteiger partial charge in [-0.3, -0.25) is 0 Å². The van der Waals surface area contributed by atoms with E-state index in [-0.39, 0.29) is 0 Å². The van der Waals surface area contributed by atoms with Crippen LogP contribution in [0.5, 0.6) is 0 Å². The second kappa shape index (κ2) is 11.6. The van der Waals surface area contributed by atoms with Crippen molar-refractivity contribution in [3.63, 3.8) is 0 Å². The Hall–Kier alpha value is -6.43. The molecule has 0 aliphatic heterocycles. The van der Waals surface area contributed by atoms with E-state index in [0.717, 1.165) is 49.8 Å². The first-order chi connectivity index (χ1) is 24.8. The number of hydrogen-bond donors (Lipinski definition) is 0. The van der Waals surface area contributed by atoms with E-state index in [1.165, 1.54) is 31.3 Å². The van der Waals surface area contributed by atoms with Crippen LogP contribution in [0, 0.1) is 0 Å². The van der Waals surface area contributed by atoms with Crippen LogP contribution in [0.25, 0.3) is 98.5 Å². The van der Waals surface area contributed by atoms with Crippen LogP contribution in [0.4, 0.5) is 0 Å². The van der Waals surface area contributed by atoms with Gasteiger partial charge >= 0.3 is 0 Å². The molecule has 10 rings (SSSR count). The monoisotopic (exact) mass is 657 g/mol. The predicted octanol–water partition coefficient (Wildman–Crippen LogP) is 12.5. The van der Waals surface area contributed by atoms with Gasteiger partial charge in [0.25, 0.3) is 0 Å². The van der Waals surface area contributed by atoms with Crippen molar-refractivity contribution in [2.24, 2.45) is 0 Å². The third-order valence-corrected chi connectivity index (χ3v) is 10.5. The molecule has 7 aromatic carbocycles. The van der Waals surface area contributed by atoms with E-state index in [4.69, 9.17) is 19.4 Å². The smallest absolute Gasteiger partial charge is 0.164 e. The maximum atomic E-state index is 6.65. The number of furan rings is 1. The van der Waals surface area contributed by atoms with Gasteiger partial charge in [-0.25, -0.2) is 15.0 Å². The summed E-state index contributed by atoms with van der Waals surface area (Å²) in [6.07, 6.45) is 0. The molecule has 0 aliphatic rings. The number of benzene rings is 7. The average Bonchev–Trinajstić information content (AvgIpc) is 3.77. The maximum Gasteiger partial charge on any atom is 0.164 e. The number of para-hydroxylation sites is 1. The average molecular weight is 658 g/mol. The van der Waals surface area contributed by atoms with Gasteiger partial charge in [-0.05, 0) is 34.9 Å². The molecule has 50 heavy (non-hydrogen) atoms. The van der Waals surface area contributed by atoms with Crippen LogP contribution >= 0.6 is 11.3 Å². The molecule has 0 radical (unpaired) electrons. The number of nitrogens with zero attached hydrogens (tertiary/aromatic N) is 3. The lowest BCUT2D eigenvalue weighted by molar-refractivity contribution is 0.670. The Kier molecular flexibility index (Phi) is 6.64. The van der Waals surface area contributed by atoms with Gasteiger partial charge in [0, 0.05) is 53.2 Å². The van der Waals surface area contributed by atoms with Crippen LogP contribution in [-0.4, -0.2) is 15.0 Å². The van der Waals surface area contributed by atoms with E-state index in [1.54, 1.807) is 11.3 Å². The van der Waals surface area contributed by atoms with Crippen LogP contribution in [0.15, 0.2) is 168 Å². The Balaban J connectivity index is 1.14. The molecule has 0 aliphatic carbocycles. The molecular weight excluding hydrogens is 631 g/mol. The van der Waals surface area contributed by atoms with Crippen molar-refractivity contribution in [3.05, 3.63) is 164 Å². The Morgan fingerprint density at radius 2 is 0.960 bits per heavy atom. The quantitative estimate of drug-likeness (QED) is 0.185. The van der Waals surface area contributed by atoms with E-state index in [9.17, 15) is 0 Å². The molecule has 0 amide bonds. The van der Waals surface area contributed by atoms with Crippen molar-refractivity contribution in [3.8, 4) is 56.4 Å². The molecule has 10 aromatic rings. The molecule has 3 heterocycles. The first-order valence-electron chi connectivity index (χ1n) is 16.6. The number of aromatic nitrogens is 3. The van der Waals surface area contributed by atoms with Crippen LogP contribution in [-0.2, 0) is 0 Å². The summed E-state index contributed by atoms with van der Waals surface area (Å²) in [5.74, 6) is 1.87. The summed E-state index contributed by atoms with van der Waals surface area (Å²) in [5, 5.41) is 4.52. The minimum absolute atomic E-state index is 0.608. The van der Waals surface area contributed by atoms with Crippen molar-refractivity contribution in [2.45, 2.75) is 0 Å². The highest BCUT2D eigenvalue weighted by Crippen LogP contribution is 2.41. The fourth-order valence-electron chi connectivity index (χ4n) is 6.94. The van der Waals surface area contributed by atoms with Crippen LogP contribution in [0.1, 0.15) is 0 Å². The lowest BCUT2D eigenvalue weighted by atomic mass is 9.98. The van der Waals surface area contributed by atoms with E-state index < -0.39 is 0 Å². The third-order valence-electron chi connectivity index (χ3n) is 9.37. The van der Waals surface area contributed by atoms with Gasteiger partial charge < -0.3 is 4.42 Å². The minimum atomic E-state index is 0.608. The number of thiophene rings is 1. The highest BCUT2D eigenvalue weighted by molar-refractivity contribution is 7.25. The number of hydrogen-bond acceptors (Lipinski definition) is 5. The molecule has 0 spiro atoms. The second-order valence-electron chi connectivity index (χ2n) is 12.4. The second-order valence-corrected chi connectivity index (χ2v) is 13.5. The van der Waals surface area contributed by atoms with Crippen molar-refractivity contribution < 1.29 is 4.42 Å². The Morgan fingerprint density at radius 3 is 1.78 bits per heavy atom. The third kappa shape index (κ3) is 4.79. The summed E-state index contributed by atoms with van der Waals surface area (Å²) in [5.41, 5.74) is 8.95. The molecule has 0 saturated carbocycles. The van der Waals surface area contributed by atoms with E-state index in [2.05, 4.69) is 115 Å². The summed E-state index contributed by atoms with van der Waals surface area (Å²) in [6.45, 7) is 0. The first kappa shape index (κ1) is 28.6. The molecule has 4 nitrogen and oxygen atoms in total. The van der Waals surface area contributed by atoms with E-state index in [0.29, 0.717) is 17.5 Å². The normalized spacial score (nSPS) is 11.6. The molecule has 0 bridgehead atoms. The molecule has 0 unspecified atom stereocenters. The summed E-state index contributed by atoms with van der Waals surface area (Å²) in [7, 11) is 0. The van der Waals surface area contributed by atoms with Gasteiger partial charge in [-0.15, -0.1) is 11.3 Å². The maximum absolute atomic E-state index is 6.65. The molecule has 0 fully saturated rings. The molecule has 0 N–H and O–H groups in total. The van der Waals surface area contributed by atoms with Gasteiger partial charge in [0.2, 0.25) is 0 Å². The van der Waals surface area contributed by atoms with Crippen molar-refractivity contribution in [1.82, 2.24) is 15.0 Å². The Labute approximate surface area is 292 Å². The Morgan fingerprint density at radius 1 is 0.380 bits per heavy atom. The van der Waals surface area contributed by atoms with Crippen molar-refractivity contribution >= 4 is 53.4 Å². The zero-order valence-corrected chi connectivity index (χ0v) is 27.6. The van der Waals surface area contributed by atoms with Crippen LogP contribution in [0.3, 0.4) is 0 Å². The molecular formula is C45H27N3OS. The fraction of sp³-hybridized carbons (Fsp3) is 0. The molecule has 0 atom stereocenters. The zero-order chi connectivity index (χ0) is 33.0. The van der Waals surface area contributed by atoms with Gasteiger partial charge in [0.05, 0.1) is 0 Å². The number of fused-ring (bicyclic) bond motifs is 6. The summed E-state index contributed by atoms with van der Waals surface area (Å²) in [6, 6.07) is 56.8. The Bertz CT molecular complexity index is 2860. The SMILES string of the molecule is c1ccc(-c2ccc(-c3cccc4c3oc3cccc(-c5nc(-c6ccccc6)nc(-c6ccc7c(c6)sc6ccccc67)n5)c34)cc2)cc1. The van der Waals surface area contributed by atoms with Gasteiger partial charge in [0.15, 0.2) is 17.5 Å². The molecule has 234 valence electrons. The lowest BCUT2D eigenvalue weighted by Gasteiger charge is -2.09. The van der Waals surface area contributed by atoms with Gasteiger partial charge in [-0.2, -0.15) is 0 Å². The van der Waals surface area contributed by atoms with Gasteiger partial charge in [0.1, 0.15) is 11.2 Å². The predicted molar refractivity (Wildman–Crippen MR) is 207 cm³/mol. The molecule has 3 aromatic heterocycles. The minimum Gasteiger partial charge on any atom is -0.455 e. The largest absolute Gasteiger partial charge is 0.455 e. The summed E-state index contributed by atoms with van der Waals surface area (Å²) in [4.78, 5) is 15.3. The van der Waals surface area contributed by atoms with Crippen molar-refractivity contribution in [1.29, 1.82) is 0 Å². The van der Waals surface area contributed by atoms with Crippen LogP contribution in [0.2, 0.25) is 0 Å². The first-order valence-corrected chi connectivity index (χ1v) is 17.4. The molecule has 0 saturated heterocycles. The standard InChI is InChI=1S/C45H27N3OS/c1-3-11-28(12-4-1)29-21-23-30(24-22-29)33-16-9-17-36-41-37(18-10-19-38(41)49-42(33)36)45-47-43(31-13-5-2-6-14-31)46-44(48-45)32-25-26-35-34-15-7-8-20-39(34)50-40(35)27-32/h1-27H. The topological polar surface area (TPSA) is 51.8 Å². The highest BCUT2D eigenvalue weighted by atomic mass is 32.1. The van der Waals surface area contributed by atoms with Crippen LogP contribution < -0.4 is 0 Å². The zero-order valence-electron chi connectivity index (χ0n) is 26.7. The van der Waals surface area contributed by atoms with Crippen molar-refractivity contribution in [2.75, 3.05) is 0 Å². The van der Waals surface area contributed by atoms with Gasteiger partial charge in [-0.1, -0.05) is 146 Å². The molecule has 5 heteroatoms. The highest BCUT2D eigenvalue weighted by Gasteiger charge is 2.20. The van der Waals surface area contributed by atoms with E-state index >= 15 is 0 Å². The number of rotatable bonds is 5. The fourth-order valence-corrected chi connectivity index (χ4v) is 8.09.